The lowest BCUT2D eigenvalue weighted by Crippen LogP contribution is -2.53. The molecule has 2 aromatic rings. The van der Waals surface area contributed by atoms with Gasteiger partial charge in [-0.05, 0) is 55.3 Å². The first-order chi connectivity index (χ1) is 14.5. The molecule has 0 unspecified atom stereocenters. The molecule has 156 valence electrons. The van der Waals surface area contributed by atoms with E-state index in [1.54, 1.807) is 31.4 Å². The number of carbonyl (C=O) groups excluding carboxylic acids is 3. The van der Waals surface area contributed by atoms with Gasteiger partial charge in [0.05, 0.1) is 13.7 Å². The van der Waals surface area contributed by atoms with Crippen LogP contribution in [0.3, 0.4) is 0 Å². The number of carbonyl (C=O) groups is 3. The molecule has 0 aliphatic carbocycles. The van der Waals surface area contributed by atoms with Crippen LogP contribution in [0.1, 0.15) is 25.0 Å². The maximum Gasteiger partial charge on any atom is 0.331 e. The summed E-state index contributed by atoms with van der Waals surface area (Å²) in [5, 5.41) is 2.25. The Morgan fingerprint density at radius 3 is 2.17 bits per heavy atom. The third-order valence-electron chi connectivity index (χ3n) is 5.02. The number of urea groups is 1. The van der Waals surface area contributed by atoms with E-state index in [0.29, 0.717) is 11.3 Å². The monoisotopic (exact) mass is 407 g/mol. The van der Waals surface area contributed by atoms with Gasteiger partial charge in [0.15, 0.2) is 0 Å². The van der Waals surface area contributed by atoms with Gasteiger partial charge in [0.1, 0.15) is 11.3 Å². The molecule has 1 saturated heterocycles. The summed E-state index contributed by atoms with van der Waals surface area (Å²) < 4.78 is 5.12. The summed E-state index contributed by atoms with van der Waals surface area (Å²) in [6.07, 6.45) is 1.51. The van der Waals surface area contributed by atoms with Gasteiger partial charge >= 0.3 is 6.03 Å². The molecule has 7 nitrogen and oxygen atoms in total. The average molecular weight is 407 g/mol. The third-order valence-corrected chi connectivity index (χ3v) is 5.02. The summed E-state index contributed by atoms with van der Waals surface area (Å²) in [7, 11) is 1.56. The summed E-state index contributed by atoms with van der Waals surface area (Å²) >= 11 is 0. The number of rotatable bonds is 7. The number of nitrogens with zero attached hydrogens (tertiary/aromatic N) is 2. The lowest BCUT2D eigenvalue weighted by molar-refractivity contribution is -0.130. The fraction of sp³-hybridized carbons (Fsp3) is 0.261. The van der Waals surface area contributed by atoms with Crippen molar-refractivity contribution >= 4 is 29.6 Å². The minimum absolute atomic E-state index is 0.0557. The van der Waals surface area contributed by atoms with E-state index in [0.717, 1.165) is 29.2 Å². The first-order valence-corrected chi connectivity index (χ1v) is 9.83. The Balaban J connectivity index is 1.82. The van der Waals surface area contributed by atoms with E-state index in [4.69, 9.17) is 4.74 Å². The van der Waals surface area contributed by atoms with Crippen molar-refractivity contribution in [1.82, 2.24) is 10.2 Å². The summed E-state index contributed by atoms with van der Waals surface area (Å²) in [5.41, 5.74) is 2.45. The van der Waals surface area contributed by atoms with Gasteiger partial charge in [0, 0.05) is 18.8 Å². The van der Waals surface area contributed by atoms with E-state index in [9.17, 15) is 14.4 Å². The smallest absolute Gasteiger partial charge is 0.331 e. The van der Waals surface area contributed by atoms with E-state index in [1.807, 2.05) is 24.3 Å². The number of imide groups is 2. The number of nitrogens with one attached hydrogen (secondary N) is 1. The highest BCUT2D eigenvalue weighted by Gasteiger charge is 2.35. The van der Waals surface area contributed by atoms with Crippen LogP contribution in [0.5, 0.6) is 5.75 Å². The van der Waals surface area contributed by atoms with Crippen LogP contribution in [-0.2, 0) is 16.1 Å². The fourth-order valence-corrected chi connectivity index (χ4v) is 3.29. The molecule has 1 aliphatic heterocycles. The molecule has 1 fully saturated rings. The number of hydrogen-bond donors (Lipinski definition) is 1. The van der Waals surface area contributed by atoms with Crippen LogP contribution in [-0.4, -0.2) is 42.9 Å². The quantitative estimate of drug-likeness (QED) is 0.563. The van der Waals surface area contributed by atoms with E-state index < -0.39 is 17.8 Å². The van der Waals surface area contributed by atoms with Crippen LogP contribution in [0.4, 0.5) is 10.5 Å². The van der Waals surface area contributed by atoms with Crippen molar-refractivity contribution in [2.45, 2.75) is 20.4 Å². The fourth-order valence-electron chi connectivity index (χ4n) is 3.29. The highest BCUT2D eigenvalue weighted by Crippen LogP contribution is 2.20. The van der Waals surface area contributed by atoms with Crippen LogP contribution < -0.4 is 15.0 Å². The van der Waals surface area contributed by atoms with Gasteiger partial charge in [-0.25, -0.2) is 4.79 Å². The highest BCUT2D eigenvalue weighted by atomic mass is 16.5. The molecule has 1 aliphatic rings. The Labute approximate surface area is 175 Å². The van der Waals surface area contributed by atoms with Gasteiger partial charge in [-0.15, -0.1) is 0 Å². The number of hydrogen-bond acceptors (Lipinski definition) is 5. The predicted molar refractivity (Wildman–Crippen MR) is 115 cm³/mol. The molecule has 2 aromatic carbocycles. The SMILES string of the molecule is CCN(CC)c1ccc(/C=C2/C(=O)NC(=O)N(Cc3ccc(OC)cc3)C2=O)cc1. The Kier molecular flexibility index (Phi) is 6.51. The van der Waals surface area contributed by atoms with E-state index in [-0.39, 0.29) is 12.1 Å². The molecule has 3 rings (SSSR count). The number of barbiturate groups is 1. The van der Waals surface area contributed by atoms with Crippen molar-refractivity contribution in [3.63, 3.8) is 0 Å². The van der Waals surface area contributed by atoms with Crippen LogP contribution in [0.15, 0.2) is 54.1 Å². The van der Waals surface area contributed by atoms with Gasteiger partial charge in [-0.1, -0.05) is 24.3 Å². The average Bonchev–Trinajstić information content (AvgIpc) is 2.76. The van der Waals surface area contributed by atoms with Crippen molar-refractivity contribution in [2.75, 3.05) is 25.1 Å². The topological polar surface area (TPSA) is 79.0 Å². The zero-order valence-electron chi connectivity index (χ0n) is 17.3. The Hall–Kier alpha value is -3.61. The van der Waals surface area contributed by atoms with Crippen molar-refractivity contribution in [2.24, 2.45) is 0 Å². The van der Waals surface area contributed by atoms with Gasteiger partial charge < -0.3 is 9.64 Å². The highest BCUT2D eigenvalue weighted by molar-refractivity contribution is 6.30. The summed E-state index contributed by atoms with van der Waals surface area (Å²) in [6.45, 7) is 6.00. The molecule has 30 heavy (non-hydrogen) atoms. The molecule has 0 aromatic heterocycles. The van der Waals surface area contributed by atoms with E-state index in [1.165, 1.54) is 6.08 Å². The largest absolute Gasteiger partial charge is 0.497 e. The lowest BCUT2D eigenvalue weighted by Gasteiger charge is -2.26. The summed E-state index contributed by atoms with van der Waals surface area (Å²) in [6, 6.07) is 13.9. The second-order valence-electron chi connectivity index (χ2n) is 6.82. The van der Waals surface area contributed by atoms with Crippen LogP contribution in [0.2, 0.25) is 0 Å². The zero-order chi connectivity index (χ0) is 21.7. The van der Waals surface area contributed by atoms with Crippen molar-refractivity contribution < 1.29 is 19.1 Å². The van der Waals surface area contributed by atoms with Crippen LogP contribution >= 0.6 is 0 Å². The standard InChI is InChI=1S/C23H25N3O4/c1-4-25(5-2)18-10-6-16(7-11-18)14-20-21(27)24-23(29)26(22(20)28)15-17-8-12-19(30-3)13-9-17/h6-14H,4-5,15H2,1-3H3,(H,24,27,29)/b20-14-. The molecule has 0 radical (unpaired) electrons. The maximum atomic E-state index is 12.9. The summed E-state index contributed by atoms with van der Waals surface area (Å²) in [4.78, 5) is 40.7. The molecule has 0 atom stereocenters. The van der Waals surface area contributed by atoms with Gasteiger partial charge in [-0.2, -0.15) is 0 Å². The second kappa shape index (κ2) is 9.26. The number of amides is 4. The van der Waals surface area contributed by atoms with E-state index >= 15 is 0 Å². The lowest BCUT2D eigenvalue weighted by atomic mass is 10.1. The molecule has 0 spiro atoms. The van der Waals surface area contributed by atoms with E-state index in [2.05, 4.69) is 24.1 Å². The molecule has 7 heteroatoms. The van der Waals surface area contributed by atoms with Crippen molar-refractivity contribution in [1.29, 1.82) is 0 Å². The molecule has 0 bridgehead atoms. The first kappa shape index (κ1) is 21.1. The molecular formula is C23H25N3O4. The number of ether oxygens (including phenoxy) is 1. The summed E-state index contributed by atoms with van der Waals surface area (Å²) in [5.74, 6) is -0.631. The second-order valence-corrected chi connectivity index (χ2v) is 6.82. The molecule has 1 N–H and O–H groups in total. The minimum Gasteiger partial charge on any atom is -0.497 e. The Morgan fingerprint density at radius 1 is 0.967 bits per heavy atom. The number of benzene rings is 2. The molecular weight excluding hydrogens is 382 g/mol. The maximum absolute atomic E-state index is 12.9. The Morgan fingerprint density at radius 2 is 1.60 bits per heavy atom. The van der Waals surface area contributed by atoms with Gasteiger partial charge in [0.2, 0.25) is 0 Å². The predicted octanol–water partition coefficient (Wildman–Crippen LogP) is 3.20. The third kappa shape index (κ3) is 4.51. The zero-order valence-corrected chi connectivity index (χ0v) is 17.3. The number of methoxy groups -OCH3 is 1. The van der Waals surface area contributed by atoms with Crippen LogP contribution in [0.25, 0.3) is 6.08 Å². The van der Waals surface area contributed by atoms with Gasteiger partial charge in [-0.3, -0.25) is 19.8 Å². The minimum atomic E-state index is -0.727. The van der Waals surface area contributed by atoms with Crippen molar-refractivity contribution in [3.8, 4) is 5.75 Å². The molecule has 0 saturated carbocycles. The van der Waals surface area contributed by atoms with Crippen LogP contribution in [0, 0.1) is 0 Å². The number of anilines is 1. The normalized spacial score (nSPS) is 15.4. The molecule has 4 amide bonds. The van der Waals surface area contributed by atoms with Crippen molar-refractivity contribution in [3.05, 3.63) is 65.2 Å². The molecule has 1 heterocycles. The Bertz CT molecular complexity index is 961. The first-order valence-electron chi connectivity index (χ1n) is 9.83. The van der Waals surface area contributed by atoms with Gasteiger partial charge in [0.25, 0.3) is 11.8 Å².